The standard InChI is InChI=1S/C24H21NO6/c1-29-18-11-5-12-19(30-2)22(18)31-20(26)13-6-14-25-23(27)16-9-3-7-15-8-4-10-17(21(15)16)24(25)28/h3-5,7-12H,6,13-14H2,1-2H3. The van der Waals surface area contributed by atoms with Crippen molar-refractivity contribution in [2.75, 3.05) is 20.8 Å². The van der Waals surface area contributed by atoms with E-state index in [-0.39, 0.29) is 37.0 Å². The Balaban J connectivity index is 1.44. The Morgan fingerprint density at radius 1 is 0.839 bits per heavy atom. The van der Waals surface area contributed by atoms with Gasteiger partial charge in [-0.05, 0) is 36.1 Å². The molecule has 0 radical (unpaired) electrons. The van der Waals surface area contributed by atoms with Gasteiger partial charge in [0, 0.05) is 29.5 Å². The molecule has 0 N–H and O–H groups in total. The minimum absolute atomic E-state index is 0.0180. The third-order valence-electron chi connectivity index (χ3n) is 5.22. The molecule has 0 saturated carbocycles. The van der Waals surface area contributed by atoms with Crippen LogP contribution in [-0.2, 0) is 4.79 Å². The van der Waals surface area contributed by atoms with Crippen LogP contribution in [0.15, 0.2) is 54.6 Å². The minimum atomic E-state index is -0.512. The average molecular weight is 419 g/mol. The van der Waals surface area contributed by atoms with Crippen molar-refractivity contribution in [2.24, 2.45) is 0 Å². The van der Waals surface area contributed by atoms with Crippen LogP contribution in [0, 0.1) is 0 Å². The maximum absolute atomic E-state index is 12.9. The van der Waals surface area contributed by atoms with Crippen LogP contribution in [0.4, 0.5) is 0 Å². The maximum Gasteiger partial charge on any atom is 0.311 e. The zero-order chi connectivity index (χ0) is 22.0. The van der Waals surface area contributed by atoms with E-state index in [1.165, 1.54) is 19.1 Å². The van der Waals surface area contributed by atoms with E-state index >= 15 is 0 Å². The predicted molar refractivity (Wildman–Crippen MR) is 114 cm³/mol. The van der Waals surface area contributed by atoms with E-state index < -0.39 is 5.97 Å². The molecular formula is C24H21NO6. The molecule has 0 aromatic heterocycles. The van der Waals surface area contributed by atoms with E-state index in [2.05, 4.69) is 0 Å². The van der Waals surface area contributed by atoms with Gasteiger partial charge < -0.3 is 14.2 Å². The quantitative estimate of drug-likeness (QED) is 0.329. The van der Waals surface area contributed by atoms with Crippen molar-refractivity contribution in [3.63, 3.8) is 0 Å². The Morgan fingerprint density at radius 2 is 1.39 bits per heavy atom. The maximum atomic E-state index is 12.9. The molecule has 7 nitrogen and oxygen atoms in total. The van der Waals surface area contributed by atoms with Crippen molar-refractivity contribution in [3.8, 4) is 17.2 Å². The topological polar surface area (TPSA) is 82.1 Å². The Morgan fingerprint density at radius 3 is 1.94 bits per heavy atom. The number of carbonyl (C=O) groups is 3. The van der Waals surface area contributed by atoms with Crippen LogP contribution in [0.25, 0.3) is 10.8 Å². The van der Waals surface area contributed by atoms with E-state index in [0.29, 0.717) is 28.0 Å². The number of carbonyl (C=O) groups excluding carboxylic acids is 3. The largest absolute Gasteiger partial charge is 0.493 e. The highest BCUT2D eigenvalue weighted by Gasteiger charge is 2.32. The number of rotatable bonds is 7. The molecule has 4 rings (SSSR count). The lowest BCUT2D eigenvalue weighted by molar-refractivity contribution is -0.134. The Labute approximate surface area is 179 Å². The molecule has 0 fully saturated rings. The summed E-state index contributed by atoms with van der Waals surface area (Å²) in [5.74, 6) is -0.272. The second kappa shape index (κ2) is 8.47. The molecule has 1 aliphatic rings. The molecule has 3 aromatic carbocycles. The van der Waals surface area contributed by atoms with E-state index in [0.717, 1.165) is 5.39 Å². The van der Waals surface area contributed by atoms with Crippen LogP contribution in [0.5, 0.6) is 17.2 Å². The lowest BCUT2D eigenvalue weighted by atomic mass is 9.94. The molecule has 1 heterocycles. The van der Waals surface area contributed by atoms with E-state index in [4.69, 9.17) is 14.2 Å². The van der Waals surface area contributed by atoms with Crippen molar-refractivity contribution in [1.82, 2.24) is 4.90 Å². The number of benzene rings is 3. The van der Waals surface area contributed by atoms with Gasteiger partial charge in [0.05, 0.1) is 14.2 Å². The molecule has 0 atom stereocenters. The first kappa shape index (κ1) is 20.4. The zero-order valence-corrected chi connectivity index (χ0v) is 17.2. The zero-order valence-electron chi connectivity index (χ0n) is 17.2. The third-order valence-corrected chi connectivity index (χ3v) is 5.22. The van der Waals surface area contributed by atoms with Gasteiger partial charge in [-0.15, -0.1) is 0 Å². The Bertz CT molecular complexity index is 1110. The molecule has 7 heteroatoms. The first-order valence-corrected chi connectivity index (χ1v) is 9.84. The average Bonchev–Trinajstić information content (AvgIpc) is 2.79. The molecule has 0 aliphatic carbocycles. The molecule has 31 heavy (non-hydrogen) atoms. The lowest BCUT2D eigenvalue weighted by Gasteiger charge is -2.27. The summed E-state index contributed by atoms with van der Waals surface area (Å²) in [5.41, 5.74) is 0.989. The van der Waals surface area contributed by atoms with Gasteiger partial charge >= 0.3 is 5.97 Å². The molecule has 1 aliphatic heterocycles. The van der Waals surface area contributed by atoms with Gasteiger partial charge in [0.2, 0.25) is 5.75 Å². The summed E-state index contributed by atoms with van der Waals surface area (Å²) in [7, 11) is 2.94. The number of hydrogen-bond donors (Lipinski definition) is 0. The number of methoxy groups -OCH3 is 2. The highest BCUT2D eigenvalue weighted by atomic mass is 16.6. The van der Waals surface area contributed by atoms with Gasteiger partial charge in [0.1, 0.15) is 0 Å². The van der Waals surface area contributed by atoms with E-state index in [9.17, 15) is 14.4 Å². The number of nitrogens with zero attached hydrogens (tertiary/aromatic N) is 1. The van der Waals surface area contributed by atoms with Gasteiger partial charge in [0.25, 0.3) is 11.8 Å². The fraction of sp³-hybridized carbons (Fsp3) is 0.208. The van der Waals surface area contributed by atoms with Crippen LogP contribution >= 0.6 is 0 Å². The van der Waals surface area contributed by atoms with Gasteiger partial charge in [-0.1, -0.05) is 30.3 Å². The minimum Gasteiger partial charge on any atom is -0.493 e. The first-order valence-electron chi connectivity index (χ1n) is 9.84. The third kappa shape index (κ3) is 3.70. The monoisotopic (exact) mass is 419 g/mol. The van der Waals surface area contributed by atoms with Crippen molar-refractivity contribution < 1.29 is 28.6 Å². The summed E-state index contributed by atoms with van der Waals surface area (Å²) in [6, 6.07) is 15.8. The van der Waals surface area contributed by atoms with Gasteiger partial charge in [-0.25, -0.2) is 0 Å². The summed E-state index contributed by atoms with van der Waals surface area (Å²) in [5, 5.41) is 1.53. The summed E-state index contributed by atoms with van der Waals surface area (Å²) in [4.78, 5) is 39.4. The second-order valence-corrected chi connectivity index (χ2v) is 7.04. The molecule has 0 spiro atoms. The number of hydrogen-bond acceptors (Lipinski definition) is 6. The predicted octanol–water partition coefficient (Wildman–Crippen LogP) is 3.84. The summed E-state index contributed by atoms with van der Waals surface area (Å²) in [6.45, 7) is 0.112. The summed E-state index contributed by atoms with van der Waals surface area (Å²) < 4.78 is 15.9. The molecule has 0 saturated heterocycles. The van der Waals surface area contributed by atoms with Crippen molar-refractivity contribution >= 4 is 28.6 Å². The smallest absolute Gasteiger partial charge is 0.311 e. The van der Waals surface area contributed by atoms with Crippen LogP contribution in [0.2, 0.25) is 0 Å². The van der Waals surface area contributed by atoms with E-state index in [1.807, 2.05) is 12.1 Å². The van der Waals surface area contributed by atoms with Crippen LogP contribution < -0.4 is 14.2 Å². The van der Waals surface area contributed by atoms with Crippen molar-refractivity contribution in [2.45, 2.75) is 12.8 Å². The van der Waals surface area contributed by atoms with Crippen LogP contribution in [0.1, 0.15) is 33.6 Å². The van der Waals surface area contributed by atoms with Crippen LogP contribution in [-0.4, -0.2) is 43.4 Å². The van der Waals surface area contributed by atoms with Gasteiger partial charge in [-0.3, -0.25) is 19.3 Å². The van der Waals surface area contributed by atoms with E-state index in [1.54, 1.807) is 42.5 Å². The van der Waals surface area contributed by atoms with Crippen LogP contribution in [0.3, 0.4) is 0 Å². The molecule has 0 bridgehead atoms. The summed E-state index contributed by atoms with van der Waals surface area (Å²) in [6.07, 6.45) is 0.288. The molecule has 0 unspecified atom stereocenters. The number of ether oxygens (including phenoxy) is 3. The number of para-hydroxylation sites is 1. The molecule has 2 amide bonds. The Kier molecular flexibility index (Phi) is 5.58. The number of esters is 1. The lowest BCUT2D eigenvalue weighted by Crippen LogP contribution is -2.41. The summed E-state index contributed by atoms with van der Waals surface area (Å²) >= 11 is 0. The first-order chi connectivity index (χ1) is 15.0. The molecule has 3 aromatic rings. The highest BCUT2D eigenvalue weighted by Crippen LogP contribution is 2.37. The number of imide groups is 1. The Hall–Kier alpha value is -3.87. The fourth-order valence-electron chi connectivity index (χ4n) is 3.75. The normalized spacial score (nSPS) is 12.8. The van der Waals surface area contributed by atoms with Crippen molar-refractivity contribution in [1.29, 1.82) is 0 Å². The van der Waals surface area contributed by atoms with Crippen molar-refractivity contribution in [3.05, 3.63) is 65.7 Å². The molecule has 158 valence electrons. The second-order valence-electron chi connectivity index (χ2n) is 7.04. The highest BCUT2D eigenvalue weighted by molar-refractivity contribution is 6.25. The fourth-order valence-corrected chi connectivity index (χ4v) is 3.75. The van der Waals surface area contributed by atoms with Gasteiger partial charge in [0.15, 0.2) is 11.5 Å². The number of amides is 2. The van der Waals surface area contributed by atoms with Gasteiger partial charge in [-0.2, -0.15) is 0 Å². The SMILES string of the molecule is COc1cccc(OC)c1OC(=O)CCCN1C(=O)c2cccc3cccc(c23)C1=O. The molecular weight excluding hydrogens is 398 g/mol.